The van der Waals surface area contributed by atoms with E-state index < -0.39 is 82.8 Å². The van der Waals surface area contributed by atoms with Crippen molar-refractivity contribution in [3.05, 3.63) is 48.2 Å². The number of thiazole rings is 3. The van der Waals surface area contributed by atoms with Crippen molar-refractivity contribution in [1.82, 2.24) is 55.0 Å². The zero-order valence-corrected chi connectivity index (χ0v) is 81.2. The van der Waals surface area contributed by atoms with Gasteiger partial charge in [0.05, 0.1) is 29.8 Å². The van der Waals surface area contributed by atoms with E-state index >= 15 is 0 Å². The summed E-state index contributed by atoms with van der Waals surface area (Å²) in [7, 11) is 11.2. The Morgan fingerprint density at radius 3 is 1.04 bits per heavy atom. The Morgan fingerprint density at radius 2 is 0.798 bits per heavy atom. The Labute approximate surface area is 763 Å². The van der Waals surface area contributed by atoms with Crippen LogP contribution in [0.3, 0.4) is 0 Å². The molecule has 0 aliphatic carbocycles. The molecule has 0 spiro atoms. The number of rotatable bonds is 43. The van der Waals surface area contributed by atoms with E-state index in [1.54, 1.807) is 81.2 Å². The smallest absolute Gasteiger partial charge is 0.870 e. The molecule has 3 aromatic rings. The number of esters is 2. The van der Waals surface area contributed by atoms with E-state index in [9.17, 15) is 63.0 Å². The number of isocyanates is 1. The molecule has 6 rings (SSSR count). The molecule has 6 heterocycles. The first-order chi connectivity index (χ1) is 56.8. The van der Waals surface area contributed by atoms with Gasteiger partial charge in [0.1, 0.15) is 21.1 Å². The maximum absolute atomic E-state index is 14.1. The Bertz CT molecular complexity index is 3880. The van der Waals surface area contributed by atoms with Crippen LogP contribution in [-0.2, 0) is 52.5 Å². The number of ether oxygens (including phenoxy) is 4. The largest absolute Gasteiger partial charge is 1.00 e. The predicted octanol–water partition coefficient (Wildman–Crippen LogP) is 11.8. The molecular formula is C89H151LiN12O19S3. The maximum atomic E-state index is 14.1. The number of aromatic nitrogens is 3. The van der Waals surface area contributed by atoms with Crippen LogP contribution in [0.1, 0.15) is 307 Å². The number of ketones is 3. The average molecular weight is 1800 g/mol. The van der Waals surface area contributed by atoms with Gasteiger partial charge in [-0.3, -0.25) is 43.5 Å². The van der Waals surface area contributed by atoms with Crippen molar-refractivity contribution in [3.63, 3.8) is 0 Å². The molecule has 5 amide bonds. The average Bonchev–Trinajstić information content (AvgIpc) is 1.61. The Hall–Kier alpha value is -6.96. The second-order valence-corrected chi connectivity index (χ2v) is 36.8. The molecule has 3 fully saturated rings. The summed E-state index contributed by atoms with van der Waals surface area (Å²) in [5.74, 6) is -3.31. The van der Waals surface area contributed by atoms with Crippen molar-refractivity contribution >= 4 is 105 Å². The first-order valence-electron chi connectivity index (χ1n) is 43.4. The van der Waals surface area contributed by atoms with Gasteiger partial charge in [-0.2, -0.15) is 0 Å². The molecule has 0 bridgehead atoms. The number of carbonyl (C=O) groups excluding carboxylic acids is 11. The van der Waals surface area contributed by atoms with Crippen LogP contribution in [0.25, 0.3) is 0 Å². The number of Topliss-reactive ketones (excluding diaryl/α,β-unsaturated/α-hetero) is 3. The number of carboxylic acid groups (broad SMARTS) is 1. The van der Waals surface area contributed by atoms with E-state index in [1.165, 1.54) is 34.1 Å². The minimum absolute atomic E-state index is 0. The van der Waals surface area contributed by atoms with E-state index in [-0.39, 0.29) is 189 Å². The number of nitrogens with one attached hydrogen (secondary N) is 2. The van der Waals surface area contributed by atoms with Gasteiger partial charge < -0.3 is 60.0 Å². The molecule has 5 N–H and O–H groups in total. The van der Waals surface area contributed by atoms with E-state index in [0.29, 0.717) is 34.7 Å². The van der Waals surface area contributed by atoms with E-state index in [2.05, 4.69) is 45.3 Å². The monoisotopic (exact) mass is 1800 g/mol. The summed E-state index contributed by atoms with van der Waals surface area (Å²) >= 11 is 3.53. The van der Waals surface area contributed by atoms with Crippen LogP contribution in [0, 0.1) is 53.3 Å². The zero-order chi connectivity index (χ0) is 91.7. The van der Waals surface area contributed by atoms with Crippen molar-refractivity contribution in [2.75, 3.05) is 94.8 Å². The van der Waals surface area contributed by atoms with Gasteiger partial charge in [-0.1, -0.05) is 110 Å². The minimum atomic E-state index is -1.16. The standard InChI is InChI=1S/C30H50N4O6S.C28H46N4O6S.C27H45N3O5S.C3H5NO.CH4.Li.H2O/c1-10-20(6)21(16-25(35)30(7)14-13-15-33(30)8)27(36)34(9)23(19(4)5)17-24(40-29(38)31-11-2)26-32-22(18-41-26)28(37)39-12-3;1-9-18(5)19(14-23(33)28(6)12-11-13-31(28)7)25(34)32(8)21(17(3)4)15-22(38-27(37)29-10-2)24-30-20(16-39-24)26(35)36;1-9-18(5)19(14-23(32)27(6)12-11-13-29(27)7)25(33)30(8)21(17(3)4)15-22(31)24-28-20(16-36-24)26(34)35-10-2;1-2-4-3-5;;;/h18-21,23-24H,10-17H2,1-9H3,(H,31,38);16-19,21-22H,9-15H2,1-8H3,(H,29,37)(H,35,36);16-19,21-22,31H,9-15H2,1-8H3;2H2,1H3;1H4;;1H2/q;;;;;+1;/p-1/t20-,21-,23+,24+,30+;18-,19-,21+,22+,28+;18-,19-,21+,22+,27+;;;;/m000..../s1. The van der Waals surface area contributed by atoms with Crippen LogP contribution in [0.15, 0.2) is 21.1 Å². The quantitative estimate of drug-likeness (QED) is 0.0134. The van der Waals surface area contributed by atoms with Crippen molar-refractivity contribution in [2.24, 2.45) is 58.3 Å². The third kappa shape index (κ3) is 33.0. The van der Waals surface area contributed by atoms with Gasteiger partial charge in [-0.15, -0.1) is 34.0 Å². The fourth-order valence-electron chi connectivity index (χ4n) is 15.8. The molecule has 3 saturated heterocycles. The Kier molecular flexibility index (Phi) is 53.2. The Balaban J connectivity index is 0.00000176. The first kappa shape index (κ1) is 117. The van der Waals surface area contributed by atoms with Gasteiger partial charge in [0.2, 0.25) is 23.8 Å². The fourth-order valence-corrected chi connectivity index (χ4v) is 18.3. The van der Waals surface area contributed by atoms with Gasteiger partial charge >= 0.3 is 49.0 Å². The molecule has 124 heavy (non-hydrogen) atoms. The number of nitrogens with zero attached hydrogens (tertiary/aromatic N) is 10. The molecule has 3 aromatic heterocycles. The molecule has 0 saturated carbocycles. The first-order valence-corrected chi connectivity index (χ1v) is 46.1. The van der Waals surface area contributed by atoms with Gasteiger partial charge in [0.25, 0.3) is 0 Å². The van der Waals surface area contributed by atoms with E-state index in [4.69, 9.17) is 23.7 Å². The van der Waals surface area contributed by atoms with Crippen molar-refractivity contribution in [2.45, 2.75) is 295 Å². The normalized spacial score (nSPS) is 19.8. The van der Waals surface area contributed by atoms with Crippen LogP contribution in [-0.4, -0.2) is 261 Å². The van der Waals surface area contributed by atoms with Crippen LogP contribution < -0.4 is 29.5 Å². The SMILES string of the molecule is C.CCN=C=O.CCNC(=O)O[C@H](C[C@H](C(C)C)N(C)C(=O)[C@@H](CC(=O)[C@@]1(C)CCCN1C)[C@@H](C)CC)c1nc(C(=O)O)cs1.CCNC(=O)O[C@H](C[C@H](C(C)C)N(C)C(=O)[C@@H](CC(=O)[C@@]1(C)CCCN1C)[C@@H](C)CC)c1nc(C(=O)OCC)cs1.CCOC(=O)c1csc([C@H](O)C[C@H](C(C)C)N(C)C(=O)[C@@H](CC(=O)[C@@]2(C)CCCN2C)[C@@H](C)CC)n1.[Li+].[OH-]. The molecule has 3 aliphatic rings. The molecular weight excluding hydrogens is 1640 g/mol. The second-order valence-electron chi connectivity index (χ2n) is 34.1. The molecule has 3 aliphatic heterocycles. The second kappa shape index (κ2) is 56.4. The van der Waals surface area contributed by atoms with Gasteiger partial charge in [0.15, 0.2) is 46.6 Å². The summed E-state index contributed by atoms with van der Waals surface area (Å²) in [5.41, 5.74) is -1.40. The summed E-state index contributed by atoms with van der Waals surface area (Å²) < 4.78 is 21.5. The van der Waals surface area contributed by atoms with Crippen LogP contribution in [0.4, 0.5) is 9.59 Å². The zero-order valence-electron chi connectivity index (χ0n) is 78.7. The third-order valence-corrected chi connectivity index (χ3v) is 28.0. The number of amides is 5. The Morgan fingerprint density at radius 1 is 0.508 bits per heavy atom. The van der Waals surface area contributed by atoms with Crippen molar-refractivity contribution < 1.29 is 111 Å². The number of carbonyl (C=O) groups is 11. The van der Waals surface area contributed by atoms with Crippen molar-refractivity contribution in [1.29, 1.82) is 0 Å². The van der Waals surface area contributed by atoms with Gasteiger partial charge in [-0.05, 0) is 170 Å². The molecule has 15 atom stereocenters. The number of hydrogen-bond donors (Lipinski definition) is 4. The number of aliphatic hydroxyl groups is 1. The van der Waals surface area contributed by atoms with E-state index in [1.807, 2.05) is 125 Å². The predicted molar refractivity (Wildman–Crippen MR) is 480 cm³/mol. The van der Waals surface area contributed by atoms with Gasteiger partial charge in [0, 0.05) is 131 Å². The van der Waals surface area contributed by atoms with Gasteiger partial charge in [-0.25, -0.2) is 48.7 Å². The fraction of sp³-hybridized carbons (Fsp3) is 0.764. The molecule has 700 valence electrons. The van der Waals surface area contributed by atoms with Crippen LogP contribution in [0.2, 0.25) is 0 Å². The number of aliphatic imine (C=N–C) groups is 1. The summed E-state index contributed by atoms with van der Waals surface area (Å²) in [6, 6.07) is -0.919. The number of alkyl carbamates (subject to hydrolysis) is 2. The number of likely N-dealkylation sites (tertiary alicyclic amines) is 3. The summed E-state index contributed by atoms with van der Waals surface area (Å²) in [6.45, 7) is 43.4. The molecule has 0 radical (unpaired) electrons. The topological polar surface area (TPSA) is 407 Å². The van der Waals surface area contributed by atoms with Crippen LogP contribution in [0.5, 0.6) is 0 Å². The summed E-state index contributed by atoms with van der Waals surface area (Å²) in [4.78, 5) is 179. The molecule has 31 nitrogen and oxygen atoms in total. The number of hydrogen-bond acceptors (Lipinski definition) is 28. The number of carboxylic acids is 1. The third-order valence-electron chi connectivity index (χ3n) is 25.1. The van der Waals surface area contributed by atoms with E-state index in [0.717, 1.165) is 88.8 Å². The molecule has 35 heteroatoms. The number of aliphatic hydroxyl groups excluding tert-OH is 1. The number of aromatic carboxylic acids is 1. The summed E-state index contributed by atoms with van der Waals surface area (Å²) in [6.07, 6.45) is 6.69. The molecule has 0 aromatic carbocycles. The maximum Gasteiger partial charge on any atom is 1.00 e. The minimum Gasteiger partial charge on any atom is -0.870 e. The number of likely N-dealkylation sites (N-methyl/N-ethyl adjacent to an activating group) is 3. The van der Waals surface area contributed by atoms with Crippen LogP contribution >= 0.6 is 34.0 Å². The summed E-state index contributed by atoms with van der Waals surface area (Å²) in [5, 5.41) is 31.4. The van der Waals surface area contributed by atoms with Crippen molar-refractivity contribution in [3.8, 4) is 0 Å². The molecule has 0 unspecified atom stereocenters.